The van der Waals surface area contributed by atoms with Gasteiger partial charge in [0.05, 0.1) is 10.9 Å². The molecule has 1 fully saturated rings. The van der Waals surface area contributed by atoms with Crippen LogP contribution in [-0.2, 0) is 0 Å². The van der Waals surface area contributed by atoms with E-state index in [-0.39, 0.29) is 22.8 Å². The molecule has 0 atom stereocenters. The van der Waals surface area contributed by atoms with Crippen LogP contribution in [0.4, 0.5) is 0 Å². The molecule has 2 aromatic heterocycles. The van der Waals surface area contributed by atoms with E-state index in [0.29, 0.717) is 54.1 Å². The van der Waals surface area contributed by atoms with Crippen LogP contribution in [-0.4, -0.2) is 52.8 Å². The molecular formula is C27H23N3O4. The van der Waals surface area contributed by atoms with Crippen LogP contribution in [0, 0.1) is 6.92 Å². The Morgan fingerprint density at radius 1 is 0.824 bits per heavy atom. The van der Waals surface area contributed by atoms with Crippen molar-refractivity contribution in [3.63, 3.8) is 0 Å². The van der Waals surface area contributed by atoms with Crippen molar-refractivity contribution >= 4 is 22.8 Å². The Bertz CT molecular complexity index is 1420. The molecule has 4 aromatic rings. The normalized spacial score (nSPS) is 13.8. The highest BCUT2D eigenvalue weighted by molar-refractivity contribution is 6.05. The molecule has 7 nitrogen and oxygen atoms in total. The Kier molecular flexibility index (Phi) is 5.67. The average Bonchev–Trinajstić information content (AvgIpc) is 2.90. The van der Waals surface area contributed by atoms with Crippen molar-refractivity contribution in [1.82, 2.24) is 14.8 Å². The molecule has 3 heterocycles. The second kappa shape index (κ2) is 8.94. The van der Waals surface area contributed by atoms with Crippen LogP contribution in [0.3, 0.4) is 0 Å². The second-order valence-electron chi connectivity index (χ2n) is 8.23. The lowest BCUT2D eigenvalue weighted by molar-refractivity contribution is 0.0532. The van der Waals surface area contributed by atoms with Gasteiger partial charge in [-0.1, -0.05) is 42.5 Å². The maximum atomic E-state index is 13.5. The first kappa shape index (κ1) is 21.6. The fraction of sp³-hybridized carbons (Fsp3) is 0.185. The molecule has 0 aliphatic carbocycles. The standard InChI is InChI=1S/C27H23N3O4/c1-18-23(31)20-10-7-11-21(25(20)34-24(18)19-8-3-2-4-9-19)26(32)29-14-16-30(17-15-29)27(33)22-12-5-6-13-28-22/h2-13H,14-17H2,1H3. The lowest BCUT2D eigenvalue weighted by Gasteiger charge is -2.34. The minimum atomic E-state index is -0.221. The number of piperazine rings is 1. The number of rotatable bonds is 3. The molecular weight excluding hydrogens is 430 g/mol. The number of benzene rings is 2. The van der Waals surface area contributed by atoms with E-state index in [0.717, 1.165) is 5.56 Å². The van der Waals surface area contributed by atoms with Gasteiger partial charge in [-0.25, -0.2) is 0 Å². The SMILES string of the molecule is Cc1c(-c2ccccc2)oc2c(C(=O)N3CCN(C(=O)c4ccccn4)CC3)cccc2c1=O. The van der Waals surface area contributed by atoms with E-state index in [9.17, 15) is 14.4 Å². The molecule has 0 radical (unpaired) electrons. The monoisotopic (exact) mass is 453 g/mol. The molecule has 2 amide bonds. The Labute approximate surface area is 196 Å². The van der Waals surface area contributed by atoms with Crippen molar-refractivity contribution < 1.29 is 14.0 Å². The van der Waals surface area contributed by atoms with E-state index in [4.69, 9.17) is 4.42 Å². The fourth-order valence-electron chi connectivity index (χ4n) is 4.28. The molecule has 1 saturated heterocycles. The summed E-state index contributed by atoms with van der Waals surface area (Å²) in [4.78, 5) is 46.7. The average molecular weight is 453 g/mol. The molecule has 2 aromatic carbocycles. The van der Waals surface area contributed by atoms with Crippen LogP contribution < -0.4 is 5.43 Å². The third kappa shape index (κ3) is 3.85. The van der Waals surface area contributed by atoms with Crippen molar-refractivity contribution in [2.45, 2.75) is 6.92 Å². The van der Waals surface area contributed by atoms with Crippen LogP contribution in [0.1, 0.15) is 26.4 Å². The molecule has 0 bridgehead atoms. The Balaban J connectivity index is 1.43. The molecule has 0 N–H and O–H groups in total. The Hall–Kier alpha value is -4.26. The quantitative estimate of drug-likeness (QED) is 0.472. The van der Waals surface area contributed by atoms with Crippen molar-refractivity contribution in [2.24, 2.45) is 0 Å². The van der Waals surface area contributed by atoms with Crippen LogP contribution >= 0.6 is 0 Å². The summed E-state index contributed by atoms with van der Waals surface area (Å²) in [7, 11) is 0. The van der Waals surface area contributed by atoms with Gasteiger partial charge in [-0.05, 0) is 31.2 Å². The lowest BCUT2D eigenvalue weighted by atomic mass is 10.0. The van der Waals surface area contributed by atoms with Crippen molar-refractivity contribution in [1.29, 1.82) is 0 Å². The van der Waals surface area contributed by atoms with Crippen LogP contribution in [0.2, 0.25) is 0 Å². The van der Waals surface area contributed by atoms with Crippen molar-refractivity contribution in [3.05, 3.63) is 100.0 Å². The number of amides is 2. The topological polar surface area (TPSA) is 83.7 Å². The Morgan fingerprint density at radius 2 is 1.50 bits per heavy atom. The van der Waals surface area contributed by atoms with Gasteiger partial charge >= 0.3 is 0 Å². The number of aromatic nitrogens is 1. The highest BCUT2D eigenvalue weighted by Crippen LogP contribution is 2.28. The number of carbonyl (C=O) groups is 2. The van der Waals surface area contributed by atoms with E-state index < -0.39 is 0 Å². The van der Waals surface area contributed by atoms with E-state index in [1.54, 1.807) is 59.3 Å². The molecule has 5 rings (SSSR count). The van der Waals surface area contributed by atoms with Gasteiger partial charge in [-0.15, -0.1) is 0 Å². The van der Waals surface area contributed by atoms with Gasteiger partial charge in [0.25, 0.3) is 11.8 Å². The number of nitrogens with zero attached hydrogens (tertiary/aromatic N) is 3. The first-order valence-corrected chi connectivity index (χ1v) is 11.2. The van der Waals surface area contributed by atoms with Crippen LogP contribution in [0.5, 0.6) is 0 Å². The fourth-order valence-corrected chi connectivity index (χ4v) is 4.28. The van der Waals surface area contributed by atoms with Crippen molar-refractivity contribution in [3.8, 4) is 11.3 Å². The summed E-state index contributed by atoms with van der Waals surface area (Å²) in [5.41, 5.74) is 2.15. The zero-order chi connectivity index (χ0) is 23.7. The van der Waals surface area contributed by atoms with Crippen molar-refractivity contribution in [2.75, 3.05) is 26.2 Å². The van der Waals surface area contributed by atoms with Crippen LogP contribution in [0.25, 0.3) is 22.3 Å². The van der Waals surface area contributed by atoms with Crippen LogP contribution in [0.15, 0.2) is 82.1 Å². The van der Waals surface area contributed by atoms with Gasteiger partial charge in [0, 0.05) is 43.5 Å². The second-order valence-corrected chi connectivity index (χ2v) is 8.23. The number of para-hydroxylation sites is 1. The summed E-state index contributed by atoms with van der Waals surface area (Å²) >= 11 is 0. The molecule has 1 aliphatic heterocycles. The van der Waals surface area contributed by atoms with Gasteiger partial charge in [-0.3, -0.25) is 19.4 Å². The van der Waals surface area contributed by atoms with Gasteiger partial charge in [0.2, 0.25) is 0 Å². The summed E-state index contributed by atoms with van der Waals surface area (Å²) < 4.78 is 6.20. The molecule has 0 unspecified atom stereocenters. The minimum Gasteiger partial charge on any atom is -0.455 e. The van der Waals surface area contributed by atoms with Gasteiger partial charge in [0.1, 0.15) is 11.5 Å². The molecule has 34 heavy (non-hydrogen) atoms. The zero-order valence-corrected chi connectivity index (χ0v) is 18.7. The summed E-state index contributed by atoms with van der Waals surface area (Å²) in [5.74, 6) is 0.0949. The first-order valence-electron chi connectivity index (χ1n) is 11.2. The van der Waals surface area contributed by atoms with E-state index in [1.165, 1.54) is 0 Å². The number of hydrogen-bond donors (Lipinski definition) is 0. The summed E-state index contributed by atoms with van der Waals surface area (Å²) in [6.07, 6.45) is 1.59. The molecule has 1 aliphatic rings. The molecule has 0 saturated carbocycles. The predicted octanol–water partition coefficient (Wildman–Crippen LogP) is 3.76. The van der Waals surface area contributed by atoms with E-state index in [2.05, 4.69) is 4.98 Å². The van der Waals surface area contributed by atoms with Gasteiger partial charge in [-0.2, -0.15) is 0 Å². The minimum absolute atomic E-state index is 0.146. The number of hydrogen-bond acceptors (Lipinski definition) is 5. The van der Waals surface area contributed by atoms with Gasteiger partial charge < -0.3 is 14.2 Å². The highest BCUT2D eigenvalue weighted by Gasteiger charge is 2.28. The maximum Gasteiger partial charge on any atom is 0.272 e. The summed E-state index contributed by atoms with van der Waals surface area (Å²) in [6.45, 7) is 3.32. The van der Waals surface area contributed by atoms with E-state index >= 15 is 0 Å². The molecule has 0 spiro atoms. The maximum absolute atomic E-state index is 13.5. The summed E-state index contributed by atoms with van der Waals surface area (Å²) in [5, 5.41) is 0.381. The Morgan fingerprint density at radius 3 is 2.18 bits per heavy atom. The van der Waals surface area contributed by atoms with Gasteiger partial charge in [0.15, 0.2) is 11.0 Å². The first-order chi connectivity index (χ1) is 16.5. The smallest absolute Gasteiger partial charge is 0.272 e. The lowest BCUT2D eigenvalue weighted by Crippen LogP contribution is -2.50. The highest BCUT2D eigenvalue weighted by atomic mass is 16.3. The predicted molar refractivity (Wildman–Crippen MR) is 129 cm³/mol. The number of pyridine rings is 1. The third-order valence-corrected chi connectivity index (χ3v) is 6.15. The van der Waals surface area contributed by atoms with E-state index in [1.807, 2.05) is 30.3 Å². The zero-order valence-electron chi connectivity index (χ0n) is 18.7. The number of fused-ring (bicyclic) bond motifs is 1. The molecule has 7 heteroatoms. The molecule has 170 valence electrons. The summed E-state index contributed by atoms with van der Waals surface area (Å²) in [6, 6.07) is 19.7. The third-order valence-electron chi connectivity index (χ3n) is 6.15. The largest absolute Gasteiger partial charge is 0.455 e. The number of carbonyl (C=O) groups excluding carboxylic acids is 2.